The maximum absolute atomic E-state index is 9.94. The molecule has 0 amide bonds. The van der Waals surface area contributed by atoms with Gasteiger partial charge < -0.3 is 14.9 Å². The Morgan fingerprint density at radius 3 is 2.44 bits per heavy atom. The molecule has 3 atom stereocenters. The summed E-state index contributed by atoms with van der Waals surface area (Å²) in [5.41, 5.74) is -2.03. The van der Waals surface area contributed by atoms with Crippen molar-refractivity contribution in [2.24, 2.45) is 0 Å². The van der Waals surface area contributed by atoms with Crippen LogP contribution >= 0.6 is 0 Å². The molecule has 1 rings (SSSR count). The van der Waals surface area contributed by atoms with Crippen molar-refractivity contribution in [3.8, 4) is 0 Å². The van der Waals surface area contributed by atoms with Gasteiger partial charge in [0.25, 0.3) is 0 Å². The van der Waals surface area contributed by atoms with Crippen LogP contribution in [0.1, 0.15) is 47.0 Å². The van der Waals surface area contributed by atoms with E-state index in [1.54, 1.807) is 20.8 Å². The lowest BCUT2D eigenvalue weighted by Gasteiger charge is -2.28. The Bertz CT molecular complexity index is 325. The van der Waals surface area contributed by atoms with Crippen molar-refractivity contribution in [3.63, 3.8) is 0 Å². The van der Waals surface area contributed by atoms with E-state index < -0.39 is 11.2 Å². The molecule has 18 heavy (non-hydrogen) atoms. The molecule has 0 bridgehead atoms. The van der Waals surface area contributed by atoms with E-state index >= 15 is 0 Å². The fourth-order valence-electron chi connectivity index (χ4n) is 2.11. The van der Waals surface area contributed by atoms with Gasteiger partial charge in [-0.2, -0.15) is 0 Å². The molecular weight excluding hydrogens is 228 g/mol. The van der Waals surface area contributed by atoms with E-state index in [2.05, 4.69) is 6.58 Å². The molecule has 0 saturated carbocycles. The summed E-state index contributed by atoms with van der Waals surface area (Å²) in [6, 6.07) is 0. The Morgan fingerprint density at radius 2 is 2.00 bits per heavy atom. The molecule has 0 aliphatic carbocycles. The van der Waals surface area contributed by atoms with Gasteiger partial charge >= 0.3 is 0 Å². The van der Waals surface area contributed by atoms with Crippen molar-refractivity contribution in [2.75, 3.05) is 0 Å². The molecule has 1 aliphatic rings. The molecular formula is C15H26O3. The number of hydrogen-bond acceptors (Lipinski definition) is 3. The second-order valence-corrected chi connectivity index (χ2v) is 6.28. The lowest BCUT2D eigenvalue weighted by molar-refractivity contribution is -0.0999. The van der Waals surface area contributed by atoms with E-state index in [1.165, 1.54) is 6.08 Å². The van der Waals surface area contributed by atoms with E-state index in [4.69, 9.17) is 4.74 Å². The first-order chi connectivity index (χ1) is 8.08. The summed E-state index contributed by atoms with van der Waals surface area (Å²) in [5, 5.41) is 19.8. The second-order valence-electron chi connectivity index (χ2n) is 6.28. The van der Waals surface area contributed by atoms with Crippen molar-refractivity contribution < 1.29 is 14.9 Å². The monoisotopic (exact) mass is 254 g/mol. The number of aliphatic hydroxyl groups is 2. The number of hydrogen-bond donors (Lipinski definition) is 2. The van der Waals surface area contributed by atoms with E-state index in [-0.39, 0.29) is 11.7 Å². The predicted octanol–water partition coefficient (Wildman–Crippen LogP) is 2.58. The van der Waals surface area contributed by atoms with Gasteiger partial charge in [-0.25, -0.2) is 0 Å². The fraction of sp³-hybridized carbons (Fsp3) is 0.733. The van der Waals surface area contributed by atoms with Crippen LogP contribution in [-0.2, 0) is 4.74 Å². The normalized spacial score (nSPS) is 32.7. The summed E-state index contributed by atoms with van der Waals surface area (Å²) in [6.07, 6.45) is 7.56. The maximum Gasteiger partial charge on any atom is 0.0869 e. The minimum Gasteiger partial charge on any atom is -0.388 e. The van der Waals surface area contributed by atoms with Gasteiger partial charge in [-0.3, -0.25) is 0 Å². The molecule has 1 aliphatic heterocycles. The van der Waals surface area contributed by atoms with Crippen LogP contribution < -0.4 is 0 Å². The van der Waals surface area contributed by atoms with Gasteiger partial charge in [0.1, 0.15) is 0 Å². The Hall–Kier alpha value is -0.640. The average molecular weight is 254 g/mol. The molecule has 1 heterocycles. The fourth-order valence-corrected chi connectivity index (χ4v) is 2.11. The highest BCUT2D eigenvalue weighted by atomic mass is 16.5. The van der Waals surface area contributed by atoms with E-state index in [1.807, 2.05) is 19.1 Å². The van der Waals surface area contributed by atoms with Crippen LogP contribution in [0.25, 0.3) is 0 Å². The van der Waals surface area contributed by atoms with Crippen LogP contribution in [0, 0.1) is 0 Å². The second kappa shape index (κ2) is 5.16. The third-order valence-electron chi connectivity index (χ3n) is 3.54. The molecule has 0 aromatic heterocycles. The largest absolute Gasteiger partial charge is 0.388 e. The Balaban J connectivity index is 2.58. The van der Waals surface area contributed by atoms with Crippen LogP contribution in [0.3, 0.4) is 0 Å². The van der Waals surface area contributed by atoms with Crippen molar-refractivity contribution in [1.29, 1.82) is 0 Å². The smallest absolute Gasteiger partial charge is 0.0869 e. The van der Waals surface area contributed by atoms with Crippen LogP contribution in [0.5, 0.6) is 0 Å². The molecule has 0 aromatic rings. The van der Waals surface area contributed by atoms with Crippen LogP contribution in [0.15, 0.2) is 24.8 Å². The van der Waals surface area contributed by atoms with Crippen molar-refractivity contribution in [2.45, 2.75) is 69.9 Å². The van der Waals surface area contributed by atoms with Crippen molar-refractivity contribution in [3.05, 3.63) is 24.8 Å². The minimum absolute atomic E-state index is 0.132. The summed E-state index contributed by atoms with van der Waals surface area (Å²) in [6.45, 7) is 10.9. The lowest BCUT2D eigenvalue weighted by atomic mass is 9.95. The minimum atomic E-state index is -0.874. The molecule has 3 heteroatoms. The zero-order valence-electron chi connectivity index (χ0n) is 11.9. The summed E-state index contributed by atoms with van der Waals surface area (Å²) >= 11 is 0. The van der Waals surface area contributed by atoms with Crippen molar-refractivity contribution >= 4 is 0 Å². The van der Waals surface area contributed by atoms with Gasteiger partial charge in [0.15, 0.2) is 0 Å². The third-order valence-corrected chi connectivity index (χ3v) is 3.54. The molecule has 1 fully saturated rings. The Labute approximate surface area is 110 Å². The highest BCUT2D eigenvalue weighted by Gasteiger charge is 2.40. The van der Waals surface area contributed by atoms with E-state index in [0.717, 1.165) is 12.8 Å². The lowest BCUT2D eigenvalue weighted by Crippen LogP contribution is -2.37. The summed E-state index contributed by atoms with van der Waals surface area (Å²) in [5.74, 6) is 0. The Kier molecular flexibility index (Phi) is 4.42. The van der Waals surface area contributed by atoms with Crippen LogP contribution in [-0.4, -0.2) is 33.1 Å². The van der Waals surface area contributed by atoms with Gasteiger partial charge in [0, 0.05) is 0 Å². The highest BCUT2D eigenvalue weighted by Crippen LogP contribution is 2.36. The maximum atomic E-state index is 9.94. The number of ether oxygens (including phenoxy) is 1. The summed E-state index contributed by atoms with van der Waals surface area (Å²) < 4.78 is 5.92. The zero-order chi connectivity index (χ0) is 14.0. The molecule has 2 N–H and O–H groups in total. The summed E-state index contributed by atoms with van der Waals surface area (Å²) in [4.78, 5) is 0. The Morgan fingerprint density at radius 1 is 1.39 bits per heavy atom. The van der Waals surface area contributed by atoms with Gasteiger partial charge in [0.05, 0.1) is 22.9 Å². The first kappa shape index (κ1) is 15.4. The quantitative estimate of drug-likeness (QED) is 0.741. The molecule has 1 saturated heterocycles. The SMILES string of the molecule is C=C[C@@](C)(O)C/C=C/[C@@]1(C)CC[C@H](C(C)(C)O)O1. The van der Waals surface area contributed by atoms with Gasteiger partial charge in [-0.1, -0.05) is 18.2 Å². The predicted molar refractivity (Wildman–Crippen MR) is 73.4 cm³/mol. The molecule has 0 aromatic carbocycles. The average Bonchev–Trinajstić information content (AvgIpc) is 2.60. The topological polar surface area (TPSA) is 49.7 Å². The summed E-state index contributed by atoms with van der Waals surface area (Å²) in [7, 11) is 0. The number of rotatable bonds is 5. The molecule has 0 unspecified atom stereocenters. The van der Waals surface area contributed by atoms with E-state index in [0.29, 0.717) is 6.42 Å². The molecule has 104 valence electrons. The highest BCUT2D eigenvalue weighted by molar-refractivity contribution is 5.08. The van der Waals surface area contributed by atoms with Crippen LogP contribution in [0.2, 0.25) is 0 Å². The molecule has 0 radical (unpaired) electrons. The molecule has 0 spiro atoms. The van der Waals surface area contributed by atoms with Gasteiger partial charge in [-0.05, 0) is 47.0 Å². The standard InChI is InChI=1S/C15H26O3/c1-6-14(4,17)9-7-10-15(5)11-8-12(18-15)13(2,3)16/h6-7,10,12,16-17H,1,8-9,11H2,2-5H3/b10-7+/t12-,14-,15+/m1/s1. The van der Waals surface area contributed by atoms with E-state index in [9.17, 15) is 10.2 Å². The first-order valence-electron chi connectivity index (χ1n) is 6.52. The van der Waals surface area contributed by atoms with Gasteiger partial charge in [-0.15, -0.1) is 6.58 Å². The first-order valence-corrected chi connectivity index (χ1v) is 6.52. The van der Waals surface area contributed by atoms with Crippen molar-refractivity contribution in [1.82, 2.24) is 0 Å². The zero-order valence-corrected chi connectivity index (χ0v) is 11.9. The van der Waals surface area contributed by atoms with Gasteiger partial charge in [0.2, 0.25) is 0 Å². The van der Waals surface area contributed by atoms with Crippen LogP contribution in [0.4, 0.5) is 0 Å². The molecule has 3 nitrogen and oxygen atoms in total. The third kappa shape index (κ3) is 4.23.